The molecule has 34 heavy (non-hydrogen) atoms. The van der Waals surface area contributed by atoms with Crippen LogP contribution in [0.3, 0.4) is 0 Å². The quantitative estimate of drug-likeness (QED) is 0.284. The number of carbonyl (C=O) groups is 2. The molecule has 0 aliphatic carbocycles. The maximum absolute atomic E-state index is 13.0. The molecule has 0 aromatic heterocycles. The highest BCUT2D eigenvalue weighted by molar-refractivity contribution is 6.39. The van der Waals surface area contributed by atoms with Gasteiger partial charge in [-0.2, -0.15) is 5.10 Å². The molecule has 0 spiro atoms. The van der Waals surface area contributed by atoms with Gasteiger partial charge in [0.05, 0.1) is 19.9 Å². The fraction of sp³-hybridized carbons (Fsp3) is 0.160. The summed E-state index contributed by atoms with van der Waals surface area (Å²) in [5, 5.41) is 6.29. The molecule has 8 nitrogen and oxygen atoms in total. The molecule has 0 saturated heterocycles. The Kier molecular flexibility index (Phi) is 8.56. The molecule has 0 aliphatic rings. The third kappa shape index (κ3) is 7.06. The van der Waals surface area contributed by atoms with Gasteiger partial charge in [0.15, 0.2) is 11.5 Å². The molecule has 3 rings (SSSR count). The van der Waals surface area contributed by atoms with Gasteiger partial charge in [0.25, 0.3) is 0 Å². The number of ether oxygens (including phenoxy) is 3. The van der Waals surface area contributed by atoms with Crippen LogP contribution >= 0.6 is 0 Å². The van der Waals surface area contributed by atoms with Crippen molar-refractivity contribution < 1.29 is 28.2 Å². The molecular formula is C25H24FN3O5. The van der Waals surface area contributed by atoms with Crippen LogP contribution in [0, 0.1) is 5.82 Å². The first-order valence-corrected chi connectivity index (χ1v) is 10.4. The Morgan fingerprint density at radius 3 is 2.35 bits per heavy atom. The second kappa shape index (κ2) is 12.0. The van der Waals surface area contributed by atoms with Crippen LogP contribution in [0.1, 0.15) is 18.1 Å². The highest BCUT2D eigenvalue weighted by atomic mass is 19.1. The van der Waals surface area contributed by atoms with Gasteiger partial charge in [0.1, 0.15) is 18.2 Å². The summed E-state index contributed by atoms with van der Waals surface area (Å²) in [6.07, 6.45) is 1.37. The van der Waals surface area contributed by atoms with Crippen LogP contribution in [0.2, 0.25) is 0 Å². The molecule has 0 atom stereocenters. The Hall–Kier alpha value is -4.40. The SMILES string of the molecule is CCOc1ccc(NC(=O)C(=O)N/N=C/c2ccc(OCc3ccc(F)cc3)c(OC)c2)cc1. The van der Waals surface area contributed by atoms with Gasteiger partial charge in [-0.25, -0.2) is 9.82 Å². The summed E-state index contributed by atoms with van der Waals surface area (Å²) in [5.41, 5.74) is 4.04. The third-order valence-electron chi connectivity index (χ3n) is 4.50. The number of hydrazone groups is 1. The number of hydrogen-bond acceptors (Lipinski definition) is 6. The Morgan fingerprint density at radius 2 is 1.68 bits per heavy atom. The molecule has 0 heterocycles. The molecule has 0 saturated carbocycles. The van der Waals surface area contributed by atoms with Gasteiger partial charge in [0, 0.05) is 5.69 Å². The Bertz CT molecular complexity index is 1150. The first-order chi connectivity index (χ1) is 16.5. The van der Waals surface area contributed by atoms with E-state index in [1.807, 2.05) is 6.92 Å². The van der Waals surface area contributed by atoms with Crippen molar-refractivity contribution in [2.24, 2.45) is 5.10 Å². The average Bonchev–Trinajstić information content (AvgIpc) is 2.85. The number of carbonyl (C=O) groups excluding carboxylic acids is 2. The lowest BCUT2D eigenvalue weighted by Crippen LogP contribution is -2.32. The molecule has 2 amide bonds. The zero-order valence-electron chi connectivity index (χ0n) is 18.7. The largest absolute Gasteiger partial charge is 0.494 e. The summed E-state index contributed by atoms with van der Waals surface area (Å²) in [6.45, 7) is 2.64. The van der Waals surface area contributed by atoms with Gasteiger partial charge in [-0.1, -0.05) is 12.1 Å². The molecule has 0 fully saturated rings. The van der Waals surface area contributed by atoms with Gasteiger partial charge in [0.2, 0.25) is 0 Å². The van der Waals surface area contributed by atoms with E-state index >= 15 is 0 Å². The maximum atomic E-state index is 13.0. The Labute approximate surface area is 196 Å². The van der Waals surface area contributed by atoms with Crippen LogP contribution in [0.5, 0.6) is 17.2 Å². The first-order valence-electron chi connectivity index (χ1n) is 10.4. The van der Waals surface area contributed by atoms with E-state index in [1.54, 1.807) is 54.6 Å². The van der Waals surface area contributed by atoms with Crippen molar-refractivity contribution in [1.82, 2.24) is 5.43 Å². The molecule has 0 unspecified atom stereocenters. The van der Waals surface area contributed by atoms with Crippen LogP contribution < -0.4 is 25.0 Å². The minimum atomic E-state index is -0.920. The molecular weight excluding hydrogens is 441 g/mol. The van der Waals surface area contributed by atoms with E-state index in [4.69, 9.17) is 14.2 Å². The second-order valence-electron chi connectivity index (χ2n) is 6.94. The zero-order valence-corrected chi connectivity index (χ0v) is 18.7. The number of hydrogen-bond donors (Lipinski definition) is 2. The molecule has 176 valence electrons. The summed E-state index contributed by atoms with van der Waals surface area (Å²) >= 11 is 0. The van der Waals surface area contributed by atoms with E-state index < -0.39 is 11.8 Å². The van der Waals surface area contributed by atoms with Gasteiger partial charge in [-0.15, -0.1) is 0 Å². The predicted octanol–water partition coefficient (Wildman–Crippen LogP) is 3.90. The predicted molar refractivity (Wildman–Crippen MR) is 126 cm³/mol. The minimum Gasteiger partial charge on any atom is -0.494 e. The highest BCUT2D eigenvalue weighted by Gasteiger charge is 2.13. The number of nitrogens with one attached hydrogen (secondary N) is 2. The van der Waals surface area contributed by atoms with Crippen molar-refractivity contribution in [2.45, 2.75) is 13.5 Å². The van der Waals surface area contributed by atoms with Crippen molar-refractivity contribution in [1.29, 1.82) is 0 Å². The molecule has 9 heteroatoms. The van der Waals surface area contributed by atoms with Gasteiger partial charge in [-0.05, 0) is 72.6 Å². The van der Waals surface area contributed by atoms with E-state index in [9.17, 15) is 14.0 Å². The van der Waals surface area contributed by atoms with Crippen molar-refractivity contribution in [3.05, 3.63) is 83.7 Å². The minimum absolute atomic E-state index is 0.240. The van der Waals surface area contributed by atoms with Crippen LogP contribution in [0.15, 0.2) is 71.8 Å². The topological polar surface area (TPSA) is 98.2 Å². The number of anilines is 1. The summed E-state index contributed by atoms with van der Waals surface area (Å²) < 4.78 is 29.4. The summed E-state index contributed by atoms with van der Waals surface area (Å²) in [4.78, 5) is 24.0. The number of benzene rings is 3. The van der Waals surface area contributed by atoms with Gasteiger partial charge < -0.3 is 19.5 Å². The van der Waals surface area contributed by atoms with Crippen molar-refractivity contribution in [3.8, 4) is 17.2 Å². The van der Waals surface area contributed by atoms with E-state index in [2.05, 4.69) is 15.8 Å². The summed E-state index contributed by atoms with van der Waals surface area (Å²) in [6, 6.07) is 17.7. The summed E-state index contributed by atoms with van der Waals surface area (Å²) in [7, 11) is 1.49. The standard InChI is InChI=1S/C25H24FN3O5/c1-3-33-21-11-9-20(10-12-21)28-24(30)25(31)29-27-15-18-6-13-22(23(14-18)32-2)34-16-17-4-7-19(26)8-5-17/h4-15H,3,16H2,1-2H3,(H,28,30)(H,29,31)/b27-15+. The van der Waals surface area contributed by atoms with Crippen molar-refractivity contribution in [3.63, 3.8) is 0 Å². The first kappa shape index (κ1) is 24.2. The van der Waals surface area contributed by atoms with E-state index in [0.29, 0.717) is 35.1 Å². The lowest BCUT2D eigenvalue weighted by Gasteiger charge is -2.11. The van der Waals surface area contributed by atoms with Crippen LogP contribution in [0.4, 0.5) is 10.1 Å². The molecule has 3 aromatic carbocycles. The Balaban J connectivity index is 1.53. The smallest absolute Gasteiger partial charge is 0.329 e. The average molecular weight is 465 g/mol. The lowest BCUT2D eigenvalue weighted by molar-refractivity contribution is -0.136. The normalized spacial score (nSPS) is 10.6. The second-order valence-corrected chi connectivity index (χ2v) is 6.94. The van der Waals surface area contributed by atoms with Gasteiger partial charge in [-0.3, -0.25) is 9.59 Å². The molecule has 2 N–H and O–H groups in total. The zero-order chi connectivity index (χ0) is 24.3. The number of rotatable bonds is 9. The summed E-state index contributed by atoms with van der Waals surface area (Å²) in [5.74, 6) is -0.490. The lowest BCUT2D eigenvalue weighted by atomic mass is 10.2. The van der Waals surface area contributed by atoms with Crippen LogP contribution in [-0.4, -0.2) is 31.7 Å². The molecule has 3 aromatic rings. The van der Waals surface area contributed by atoms with Crippen LogP contribution in [0.25, 0.3) is 0 Å². The maximum Gasteiger partial charge on any atom is 0.329 e. The van der Waals surface area contributed by atoms with Crippen molar-refractivity contribution >= 4 is 23.7 Å². The monoisotopic (exact) mass is 465 g/mol. The molecule has 0 bridgehead atoms. The fourth-order valence-corrected chi connectivity index (χ4v) is 2.83. The van der Waals surface area contributed by atoms with E-state index in [1.165, 1.54) is 25.5 Å². The Morgan fingerprint density at radius 1 is 0.941 bits per heavy atom. The molecule has 0 aliphatic heterocycles. The van der Waals surface area contributed by atoms with Crippen molar-refractivity contribution in [2.75, 3.05) is 19.0 Å². The third-order valence-corrected chi connectivity index (χ3v) is 4.50. The fourth-order valence-electron chi connectivity index (χ4n) is 2.83. The van der Waals surface area contributed by atoms with E-state index in [0.717, 1.165) is 5.56 Å². The number of methoxy groups -OCH3 is 1. The highest BCUT2D eigenvalue weighted by Crippen LogP contribution is 2.28. The number of nitrogens with zero attached hydrogens (tertiary/aromatic N) is 1. The number of halogens is 1. The number of amides is 2. The van der Waals surface area contributed by atoms with Gasteiger partial charge >= 0.3 is 11.8 Å². The van der Waals surface area contributed by atoms with Crippen LogP contribution in [-0.2, 0) is 16.2 Å². The molecule has 0 radical (unpaired) electrons. The van der Waals surface area contributed by atoms with E-state index in [-0.39, 0.29) is 12.4 Å².